The Balaban J connectivity index is 2.34. The minimum absolute atomic E-state index is 0.149. The van der Waals surface area contributed by atoms with Gasteiger partial charge < -0.3 is 10.2 Å². The summed E-state index contributed by atoms with van der Waals surface area (Å²) >= 11 is 0. The molecule has 20 heavy (non-hydrogen) atoms. The van der Waals surface area contributed by atoms with Gasteiger partial charge in [-0.05, 0) is 5.92 Å². The fourth-order valence-corrected chi connectivity index (χ4v) is 2.59. The third kappa shape index (κ3) is 3.80. The largest absolute Gasteiger partial charge is 0.338 e. The van der Waals surface area contributed by atoms with Gasteiger partial charge in [-0.25, -0.2) is 13.4 Å². The molecule has 0 aromatic carbocycles. The third-order valence-corrected chi connectivity index (χ3v) is 3.67. The predicted molar refractivity (Wildman–Crippen MR) is 79.7 cm³/mol. The van der Waals surface area contributed by atoms with Gasteiger partial charge in [0.25, 0.3) is 0 Å². The van der Waals surface area contributed by atoms with Gasteiger partial charge in [0.2, 0.25) is 16.0 Å². The van der Waals surface area contributed by atoms with Crippen LogP contribution < -0.4 is 14.9 Å². The molecule has 112 valence electrons. The minimum Gasteiger partial charge on any atom is -0.338 e. The number of nitrogens with zero attached hydrogens (tertiary/aromatic N) is 3. The standard InChI is InChI=1S/C12H21N5O2S/c1-9(2)10-8-14-12(17-6-4-13-5-7-17)15-11(10)16-20(3,18)19/h8-9,13H,4-7H2,1-3H3,(H,14,15,16). The Kier molecular flexibility index (Phi) is 4.44. The van der Waals surface area contributed by atoms with Gasteiger partial charge in [-0.15, -0.1) is 0 Å². The number of nitrogens with one attached hydrogen (secondary N) is 2. The lowest BCUT2D eigenvalue weighted by molar-refractivity contribution is 0.579. The third-order valence-electron chi connectivity index (χ3n) is 3.11. The van der Waals surface area contributed by atoms with Crippen LogP contribution in [0.25, 0.3) is 0 Å². The maximum Gasteiger partial charge on any atom is 0.230 e. The molecule has 0 amide bonds. The number of sulfonamides is 1. The van der Waals surface area contributed by atoms with Crippen LogP contribution in [0, 0.1) is 0 Å². The molecule has 0 aliphatic carbocycles. The van der Waals surface area contributed by atoms with Gasteiger partial charge in [0.15, 0.2) is 0 Å². The van der Waals surface area contributed by atoms with Gasteiger partial charge in [-0.3, -0.25) is 4.72 Å². The lowest BCUT2D eigenvalue weighted by Crippen LogP contribution is -2.44. The number of hydrogen-bond acceptors (Lipinski definition) is 6. The first-order valence-electron chi connectivity index (χ1n) is 6.67. The van der Waals surface area contributed by atoms with Crippen molar-refractivity contribution in [3.8, 4) is 0 Å². The molecule has 2 N–H and O–H groups in total. The Bertz CT molecular complexity index is 567. The van der Waals surface area contributed by atoms with E-state index in [-0.39, 0.29) is 5.92 Å². The van der Waals surface area contributed by atoms with Crippen LogP contribution in [0.5, 0.6) is 0 Å². The fourth-order valence-electron chi connectivity index (χ4n) is 2.08. The average molecular weight is 299 g/mol. The molecule has 1 saturated heterocycles. The molecule has 8 heteroatoms. The molecule has 1 aliphatic heterocycles. The highest BCUT2D eigenvalue weighted by molar-refractivity contribution is 7.92. The number of hydrogen-bond donors (Lipinski definition) is 2. The van der Waals surface area contributed by atoms with Crippen molar-refractivity contribution in [2.24, 2.45) is 0 Å². The Morgan fingerprint density at radius 2 is 2.00 bits per heavy atom. The second-order valence-corrected chi connectivity index (χ2v) is 6.99. The van der Waals surface area contributed by atoms with Gasteiger partial charge in [0, 0.05) is 37.9 Å². The molecular weight excluding hydrogens is 278 g/mol. The smallest absolute Gasteiger partial charge is 0.230 e. The van der Waals surface area contributed by atoms with Crippen molar-refractivity contribution in [1.29, 1.82) is 0 Å². The van der Waals surface area contributed by atoms with Gasteiger partial charge in [-0.1, -0.05) is 13.8 Å². The van der Waals surface area contributed by atoms with E-state index in [0.29, 0.717) is 11.8 Å². The number of piperazine rings is 1. The normalized spacial score (nSPS) is 16.5. The Morgan fingerprint density at radius 1 is 1.35 bits per heavy atom. The Morgan fingerprint density at radius 3 is 2.55 bits per heavy atom. The van der Waals surface area contributed by atoms with Crippen LogP contribution in [0.4, 0.5) is 11.8 Å². The van der Waals surface area contributed by atoms with E-state index in [0.717, 1.165) is 38.0 Å². The molecule has 0 atom stereocenters. The van der Waals surface area contributed by atoms with E-state index in [1.54, 1.807) is 6.20 Å². The van der Waals surface area contributed by atoms with Gasteiger partial charge in [0.1, 0.15) is 5.82 Å². The fraction of sp³-hybridized carbons (Fsp3) is 0.667. The maximum atomic E-state index is 11.5. The topological polar surface area (TPSA) is 87.2 Å². The van der Waals surface area contributed by atoms with E-state index >= 15 is 0 Å². The second kappa shape index (κ2) is 5.92. The van der Waals surface area contributed by atoms with E-state index < -0.39 is 10.0 Å². The lowest BCUT2D eigenvalue weighted by Gasteiger charge is -2.28. The summed E-state index contributed by atoms with van der Waals surface area (Å²) in [7, 11) is -3.35. The van der Waals surface area contributed by atoms with Crippen LogP contribution in [0.3, 0.4) is 0 Å². The van der Waals surface area contributed by atoms with Gasteiger partial charge in [-0.2, -0.15) is 4.98 Å². The molecule has 0 saturated carbocycles. The van der Waals surface area contributed by atoms with E-state index in [1.807, 2.05) is 18.7 Å². The quantitative estimate of drug-likeness (QED) is 0.836. The molecule has 0 unspecified atom stereocenters. The molecule has 0 bridgehead atoms. The van der Waals surface area contributed by atoms with Crippen LogP contribution in [0.2, 0.25) is 0 Å². The Labute approximate surface area is 119 Å². The molecule has 0 radical (unpaired) electrons. The summed E-state index contributed by atoms with van der Waals surface area (Å²) in [5, 5.41) is 3.26. The number of rotatable bonds is 4. The average Bonchev–Trinajstić information content (AvgIpc) is 2.37. The van der Waals surface area contributed by atoms with Gasteiger partial charge >= 0.3 is 0 Å². The summed E-state index contributed by atoms with van der Waals surface area (Å²) < 4.78 is 25.4. The zero-order valence-electron chi connectivity index (χ0n) is 12.0. The van der Waals surface area contributed by atoms with E-state index in [1.165, 1.54) is 0 Å². The summed E-state index contributed by atoms with van der Waals surface area (Å²) in [4.78, 5) is 10.8. The molecule has 1 aromatic rings. The van der Waals surface area contributed by atoms with Crippen LogP contribution in [0.1, 0.15) is 25.3 Å². The number of aromatic nitrogens is 2. The van der Waals surface area contributed by atoms with Crippen molar-refractivity contribution in [2.75, 3.05) is 42.1 Å². The molecular formula is C12H21N5O2S. The Hall–Kier alpha value is -1.41. The van der Waals surface area contributed by atoms with Crippen LogP contribution in [-0.2, 0) is 10.0 Å². The maximum absolute atomic E-state index is 11.5. The van der Waals surface area contributed by atoms with Crippen molar-refractivity contribution < 1.29 is 8.42 Å². The first-order valence-corrected chi connectivity index (χ1v) is 8.56. The lowest BCUT2D eigenvalue weighted by atomic mass is 10.1. The summed E-state index contributed by atoms with van der Waals surface area (Å²) in [6.07, 6.45) is 2.84. The van der Waals surface area contributed by atoms with Crippen LogP contribution in [0.15, 0.2) is 6.20 Å². The van der Waals surface area contributed by atoms with Crippen molar-refractivity contribution >= 4 is 21.8 Å². The van der Waals surface area contributed by atoms with Crippen LogP contribution in [-0.4, -0.2) is 50.8 Å². The SMILES string of the molecule is CC(C)c1cnc(N2CCNCC2)nc1NS(C)(=O)=O. The zero-order chi connectivity index (χ0) is 14.8. The highest BCUT2D eigenvalue weighted by atomic mass is 32.2. The van der Waals surface area contributed by atoms with Crippen molar-refractivity contribution in [2.45, 2.75) is 19.8 Å². The summed E-state index contributed by atoms with van der Waals surface area (Å²) in [5.74, 6) is 1.10. The zero-order valence-corrected chi connectivity index (χ0v) is 12.9. The highest BCUT2D eigenvalue weighted by Gasteiger charge is 2.18. The summed E-state index contributed by atoms with van der Waals surface area (Å²) in [5.41, 5.74) is 0.800. The van der Waals surface area contributed by atoms with E-state index in [9.17, 15) is 8.42 Å². The summed E-state index contributed by atoms with van der Waals surface area (Å²) in [6, 6.07) is 0. The first-order chi connectivity index (χ1) is 9.37. The first kappa shape index (κ1) is 15.0. The molecule has 2 rings (SSSR count). The minimum atomic E-state index is -3.35. The van der Waals surface area contributed by atoms with Crippen LogP contribution >= 0.6 is 0 Å². The van der Waals surface area contributed by atoms with Crippen molar-refractivity contribution in [1.82, 2.24) is 15.3 Å². The molecule has 7 nitrogen and oxygen atoms in total. The second-order valence-electron chi connectivity index (χ2n) is 5.24. The molecule has 2 heterocycles. The molecule has 1 aromatic heterocycles. The predicted octanol–water partition coefficient (Wildman–Crippen LogP) is 0.381. The monoisotopic (exact) mass is 299 g/mol. The van der Waals surface area contributed by atoms with E-state index in [2.05, 4.69) is 20.0 Å². The molecule has 1 aliphatic rings. The van der Waals surface area contributed by atoms with Gasteiger partial charge in [0.05, 0.1) is 6.26 Å². The summed E-state index contributed by atoms with van der Waals surface area (Å²) in [6.45, 7) is 7.36. The molecule has 1 fully saturated rings. The van der Waals surface area contributed by atoms with Crippen molar-refractivity contribution in [3.63, 3.8) is 0 Å². The van der Waals surface area contributed by atoms with Crippen molar-refractivity contribution in [3.05, 3.63) is 11.8 Å². The van der Waals surface area contributed by atoms with E-state index in [4.69, 9.17) is 0 Å². The number of anilines is 2. The highest BCUT2D eigenvalue weighted by Crippen LogP contribution is 2.24. The molecule has 0 spiro atoms.